The number of ketones is 1. The molecule has 0 spiro atoms. The van der Waals surface area contributed by atoms with Crippen molar-refractivity contribution >= 4 is 28.3 Å². The number of fused-ring (bicyclic) bond motifs is 3. The highest BCUT2D eigenvalue weighted by Gasteiger charge is 2.33. The minimum atomic E-state index is -4.60. The number of alkyl halides is 3. The van der Waals surface area contributed by atoms with Gasteiger partial charge in [0.05, 0.1) is 28.1 Å². The van der Waals surface area contributed by atoms with E-state index in [0.29, 0.717) is 58.4 Å². The van der Waals surface area contributed by atoms with Gasteiger partial charge in [0.25, 0.3) is 0 Å². The number of carbonyl (C=O) groups excluding carboxylic acids is 1. The number of aliphatic hydroxyl groups is 1. The van der Waals surface area contributed by atoms with Crippen LogP contribution in [0.25, 0.3) is 10.9 Å². The average molecular weight is 574 g/mol. The first-order chi connectivity index (χ1) is 19.2. The molecule has 0 bridgehead atoms. The fourth-order valence-electron chi connectivity index (χ4n) is 4.34. The highest BCUT2D eigenvalue weighted by atomic mass is 35.5. The number of ether oxygens (including phenoxy) is 4. The third kappa shape index (κ3) is 6.08. The van der Waals surface area contributed by atoms with Gasteiger partial charge in [0.1, 0.15) is 37.1 Å². The number of benzene rings is 3. The summed E-state index contributed by atoms with van der Waals surface area (Å²) >= 11 is 5.66. The normalized spacial score (nSPS) is 12.8. The van der Waals surface area contributed by atoms with Gasteiger partial charge in [-0.2, -0.15) is 13.2 Å². The van der Waals surface area contributed by atoms with Crippen LogP contribution in [-0.4, -0.2) is 42.3 Å². The van der Waals surface area contributed by atoms with E-state index in [1.807, 2.05) is 0 Å². The summed E-state index contributed by atoms with van der Waals surface area (Å²) in [5, 5.41) is 9.33. The molecule has 4 aromatic rings. The molecule has 0 fully saturated rings. The Morgan fingerprint density at radius 3 is 2.38 bits per heavy atom. The summed E-state index contributed by atoms with van der Waals surface area (Å²) in [5.74, 6) is 1.95. The highest BCUT2D eigenvalue weighted by Crippen LogP contribution is 2.48. The summed E-state index contributed by atoms with van der Waals surface area (Å²) in [4.78, 5) is 17.0. The largest absolute Gasteiger partial charge is 0.487 e. The van der Waals surface area contributed by atoms with Gasteiger partial charge in [-0.05, 0) is 41.5 Å². The Kier molecular flexibility index (Phi) is 7.99. The lowest BCUT2D eigenvalue weighted by Gasteiger charge is -2.23. The van der Waals surface area contributed by atoms with Gasteiger partial charge >= 0.3 is 6.18 Å². The minimum Gasteiger partial charge on any atom is -0.487 e. The van der Waals surface area contributed by atoms with Crippen molar-refractivity contribution in [2.24, 2.45) is 0 Å². The second-order valence-electron chi connectivity index (χ2n) is 8.96. The van der Waals surface area contributed by atoms with Crippen molar-refractivity contribution < 1.29 is 42.0 Å². The molecule has 2 heterocycles. The van der Waals surface area contributed by atoms with Crippen LogP contribution in [0.4, 0.5) is 13.2 Å². The molecule has 3 aromatic carbocycles. The number of hydrogen-bond acceptors (Lipinski definition) is 7. The van der Waals surface area contributed by atoms with Crippen LogP contribution in [0.15, 0.2) is 60.8 Å². The van der Waals surface area contributed by atoms with E-state index in [9.17, 15) is 18.0 Å². The third-order valence-corrected chi connectivity index (χ3v) is 6.41. The number of Topliss-reactive ketones (excluding diaryl/α,β-unsaturated/α-hetero) is 1. The van der Waals surface area contributed by atoms with Crippen molar-refractivity contribution in [2.45, 2.75) is 19.0 Å². The second kappa shape index (κ2) is 11.6. The van der Waals surface area contributed by atoms with Gasteiger partial charge in [-0.1, -0.05) is 29.8 Å². The zero-order valence-electron chi connectivity index (χ0n) is 21.0. The van der Waals surface area contributed by atoms with E-state index in [1.165, 1.54) is 6.07 Å². The van der Waals surface area contributed by atoms with E-state index >= 15 is 0 Å². The number of rotatable bonds is 9. The Labute approximate surface area is 232 Å². The Morgan fingerprint density at radius 1 is 0.950 bits per heavy atom. The Bertz CT molecular complexity index is 1540. The highest BCUT2D eigenvalue weighted by molar-refractivity contribution is 6.31. The van der Waals surface area contributed by atoms with Crippen LogP contribution < -0.4 is 18.9 Å². The lowest BCUT2D eigenvalue weighted by molar-refractivity contribution is -0.137. The lowest BCUT2D eigenvalue weighted by atomic mass is 10.0. The molecule has 1 aliphatic heterocycles. The van der Waals surface area contributed by atoms with Crippen molar-refractivity contribution in [1.82, 2.24) is 4.98 Å². The number of halogens is 4. The standard InChI is InChI=1S/C29H23ClF3NO6/c30-22-6-3-18(15-21(22)29(31,32)33)14-19(36)13-17-1-4-20(5-2-17)40-24-7-8-34-23-16-25(37-10-9-35)27-28(26(23)24)39-12-11-38-27/h1-8,15-16,35H,9-14H2. The van der Waals surface area contributed by atoms with Crippen LogP contribution >= 0.6 is 11.6 Å². The van der Waals surface area contributed by atoms with Gasteiger partial charge in [0, 0.05) is 25.1 Å². The molecule has 1 aliphatic rings. The van der Waals surface area contributed by atoms with Gasteiger partial charge in [-0.3, -0.25) is 9.78 Å². The average Bonchev–Trinajstić information content (AvgIpc) is 2.93. The molecule has 0 atom stereocenters. The Balaban J connectivity index is 1.32. The third-order valence-electron chi connectivity index (χ3n) is 6.08. The SMILES string of the molecule is O=C(Cc1ccc(Oc2ccnc3cc(OCCO)c4c(c23)OCCO4)cc1)Cc1ccc(Cl)c(C(F)(F)F)c1. The lowest BCUT2D eigenvalue weighted by Crippen LogP contribution is -2.17. The molecule has 40 heavy (non-hydrogen) atoms. The van der Waals surface area contributed by atoms with Crippen LogP contribution in [-0.2, 0) is 23.8 Å². The van der Waals surface area contributed by atoms with Gasteiger partial charge in [0.15, 0.2) is 11.5 Å². The van der Waals surface area contributed by atoms with Crippen molar-refractivity contribution in [2.75, 3.05) is 26.4 Å². The van der Waals surface area contributed by atoms with E-state index in [0.717, 1.165) is 12.1 Å². The molecular weight excluding hydrogens is 551 g/mol. The van der Waals surface area contributed by atoms with E-state index in [4.69, 9.17) is 35.7 Å². The maximum absolute atomic E-state index is 13.1. The summed E-state index contributed by atoms with van der Waals surface area (Å²) in [7, 11) is 0. The number of nitrogens with zero attached hydrogens (tertiary/aromatic N) is 1. The fourth-order valence-corrected chi connectivity index (χ4v) is 4.57. The maximum Gasteiger partial charge on any atom is 0.417 e. The van der Waals surface area contributed by atoms with E-state index in [-0.39, 0.29) is 37.4 Å². The van der Waals surface area contributed by atoms with Gasteiger partial charge < -0.3 is 24.1 Å². The van der Waals surface area contributed by atoms with Gasteiger partial charge in [-0.25, -0.2) is 0 Å². The van der Waals surface area contributed by atoms with E-state index < -0.39 is 16.8 Å². The number of hydrogen-bond donors (Lipinski definition) is 1. The number of carbonyl (C=O) groups is 1. The van der Waals surface area contributed by atoms with Crippen LogP contribution in [0.5, 0.6) is 28.7 Å². The molecule has 0 saturated heterocycles. The molecule has 208 valence electrons. The predicted octanol–water partition coefficient (Wildman–Crippen LogP) is 6.20. The van der Waals surface area contributed by atoms with Crippen LogP contribution in [0.2, 0.25) is 5.02 Å². The van der Waals surface area contributed by atoms with Gasteiger partial charge in [0.2, 0.25) is 5.75 Å². The van der Waals surface area contributed by atoms with Crippen molar-refractivity contribution in [3.63, 3.8) is 0 Å². The zero-order chi connectivity index (χ0) is 28.3. The second-order valence-corrected chi connectivity index (χ2v) is 9.36. The molecule has 7 nitrogen and oxygen atoms in total. The number of aromatic nitrogens is 1. The fraction of sp³-hybridized carbons (Fsp3) is 0.241. The summed E-state index contributed by atoms with van der Waals surface area (Å²) in [5.41, 5.74) is 0.511. The molecule has 1 aromatic heterocycles. The summed E-state index contributed by atoms with van der Waals surface area (Å²) in [6.07, 6.45) is -3.13. The van der Waals surface area contributed by atoms with Gasteiger partial charge in [-0.15, -0.1) is 0 Å². The zero-order valence-corrected chi connectivity index (χ0v) is 21.7. The summed E-state index contributed by atoms with van der Waals surface area (Å²) < 4.78 is 62.8. The number of aliphatic hydroxyl groups excluding tert-OH is 1. The first-order valence-electron chi connectivity index (χ1n) is 12.3. The van der Waals surface area contributed by atoms with E-state index in [1.54, 1.807) is 42.6 Å². The molecule has 5 rings (SSSR count). The first kappa shape index (κ1) is 27.5. The van der Waals surface area contributed by atoms with E-state index in [2.05, 4.69) is 4.98 Å². The Hall–Kier alpha value is -4.02. The summed E-state index contributed by atoms with van der Waals surface area (Å²) in [6.45, 7) is 0.592. The van der Waals surface area contributed by atoms with Crippen molar-refractivity contribution in [3.8, 4) is 28.7 Å². The Morgan fingerprint density at radius 2 is 1.65 bits per heavy atom. The van der Waals surface area contributed by atoms with Crippen LogP contribution in [0.3, 0.4) is 0 Å². The van der Waals surface area contributed by atoms with Crippen LogP contribution in [0.1, 0.15) is 16.7 Å². The monoisotopic (exact) mass is 573 g/mol. The smallest absolute Gasteiger partial charge is 0.417 e. The molecular formula is C29H23ClF3NO6. The molecule has 1 N–H and O–H groups in total. The predicted molar refractivity (Wildman–Crippen MR) is 141 cm³/mol. The van der Waals surface area contributed by atoms with Crippen molar-refractivity contribution in [1.29, 1.82) is 0 Å². The minimum absolute atomic E-state index is 0.0394. The number of pyridine rings is 1. The molecule has 0 radical (unpaired) electrons. The molecule has 0 unspecified atom stereocenters. The quantitative estimate of drug-likeness (QED) is 0.255. The summed E-state index contributed by atoms with van der Waals surface area (Å²) in [6, 6.07) is 13.7. The molecule has 11 heteroatoms. The first-order valence-corrected chi connectivity index (χ1v) is 12.7. The molecule has 0 aliphatic carbocycles. The molecule has 0 amide bonds. The van der Waals surface area contributed by atoms with Crippen LogP contribution in [0, 0.1) is 0 Å². The topological polar surface area (TPSA) is 87.1 Å². The maximum atomic E-state index is 13.1. The van der Waals surface area contributed by atoms with Crippen molar-refractivity contribution in [3.05, 3.63) is 82.5 Å². The molecule has 0 saturated carbocycles.